The Kier molecular flexibility index (Phi) is 4.99. The minimum atomic E-state index is 0.313. The Morgan fingerprint density at radius 1 is 1.03 bits per heavy atom. The number of nitrogens with zero attached hydrogens (tertiary/aromatic N) is 5. The van der Waals surface area contributed by atoms with E-state index in [1.807, 2.05) is 31.2 Å². The zero-order chi connectivity index (χ0) is 20.4. The average molecular weight is 391 g/mol. The average Bonchev–Trinajstić information content (AvgIpc) is 3.40. The second-order valence-electron chi connectivity index (χ2n) is 6.41. The van der Waals surface area contributed by atoms with Gasteiger partial charge >= 0.3 is 0 Å². The molecule has 0 saturated carbocycles. The first-order valence-corrected chi connectivity index (χ1v) is 9.23. The van der Waals surface area contributed by atoms with Crippen LogP contribution in [-0.2, 0) is 6.42 Å². The third-order valence-corrected chi connectivity index (χ3v) is 4.77. The topological polar surface area (TPSA) is 88.1 Å². The number of aryl methyl sites for hydroxylation is 1. The van der Waals surface area contributed by atoms with Gasteiger partial charge in [-0.15, -0.1) is 5.10 Å². The predicted octanol–water partition coefficient (Wildman–Crippen LogP) is 3.87. The molecule has 8 heteroatoms. The van der Waals surface area contributed by atoms with Gasteiger partial charge in [0.25, 0.3) is 5.89 Å². The van der Waals surface area contributed by atoms with Crippen LogP contribution in [0.5, 0.6) is 11.5 Å². The number of para-hydroxylation sites is 1. The van der Waals surface area contributed by atoms with Crippen molar-refractivity contribution in [2.45, 2.75) is 20.3 Å². The lowest BCUT2D eigenvalue weighted by atomic mass is 10.1. The van der Waals surface area contributed by atoms with E-state index in [4.69, 9.17) is 14.0 Å². The van der Waals surface area contributed by atoms with Gasteiger partial charge in [-0.25, -0.2) is 4.68 Å². The fourth-order valence-corrected chi connectivity index (χ4v) is 3.18. The van der Waals surface area contributed by atoms with Crippen molar-refractivity contribution in [1.82, 2.24) is 25.1 Å². The zero-order valence-electron chi connectivity index (χ0n) is 16.7. The van der Waals surface area contributed by atoms with Gasteiger partial charge in [0, 0.05) is 5.56 Å². The summed E-state index contributed by atoms with van der Waals surface area (Å²) >= 11 is 0. The predicted molar refractivity (Wildman–Crippen MR) is 107 cm³/mol. The maximum Gasteiger partial charge on any atom is 0.280 e. The number of hydrogen-bond donors (Lipinski definition) is 0. The molecule has 0 saturated heterocycles. The summed E-state index contributed by atoms with van der Waals surface area (Å²) in [5.41, 5.74) is 4.30. The van der Waals surface area contributed by atoms with Crippen molar-refractivity contribution in [3.8, 4) is 40.2 Å². The molecule has 2 heterocycles. The zero-order valence-corrected chi connectivity index (χ0v) is 16.7. The largest absolute Gasteiger partial charge is 0.493 e. The van der Waals surface area contributed by atoms with Gasteiger partial charge in [0.15, 0.2) is 17.2 Å². The maximum atomic E-state index is 5.47. The van der Waals surface area contributed by atoms with Gasteiger partial charge in [-0.3, -0.25) is 0 Å². The molecule has 0 N–H and O–H groups in total. The van der Waals surface area contributed by atoms with Crippen molar-refractivity contribution in [1.29, 1.82) is 0 Å². The second kappa shape index (κ2) is 7.75. The maximum absolute atomic E-state index is 5.47. The summed E-state index contributed by atoms with van der Waals surface area (Å²) in [7, 11) is 3.17. The minimum Gasteiger partial charge on any atom is -0.493 e. The molecular weight excluding hydrogens is 370 g/mol. The Hall–Kier alpha value is -3.68. The first kappa shape index (κ1) is 18.7. The molecule has 4 aromatic rings. The van der Waals surface area contributed by atoms with E-state index in [-0.39, 0.29) is 0 Å². The molecule has 0 radical (unpaired) electrons. The standard InChI is InChI=1S/C21H21N5O3/c1-5-14-8-6-7-9-16(14)26-13(2)19(23-25-26)21-22-20(24-29-21)15-10-11-17(27-3)18(12-15)28-4/h6-12H,5H2,1-4H3. The van der Waals surface area contributed by atoms with E-state index in [2.05, 4.69) is 33.4 Å². The fraction of sp³-hybridized carbons (Fsp3) is 0.238. The van der Waals surface area contributed by atoms with Gasteiger partial charge in [-0.05, 0) is 43.2 Å². The van der Waals surface area contributed by atoms with Crippen molar-refractivity contribution in [3.63, 3.8) is 0 Å². The number of hydrogen-bond acceptors (Lipinski definition) is 7. The quantitative estimate of drug-likeness (QED) is 0.493. The summed E-state index contributed by atoms with van der Waals surface area (Å²) in [5, 5.41) is 12.7. The Morgan fingerprint density at radius 2 is 1.83 bits per heavy atom. The Labute approximate surface area is 168 Å². The summed E-state index contributed by atoms with van der Waals surface area (Å²) < 4.78 is 17.9. The Balaban J connectivity index is 1.70. The van der Waals surface area contributed by atoms with Crippen LogP contribution in [0.1, 0.15) is 18.2 Å². The van der Waals surface area contributed by atoms with Gasteiger partial charge in [-0.1, -0.05) is 35.5 Å². The SMILES string of the molecule is CCc1ccccc1-n1nnc(-c2nc(-c3ccc(OC)c(OC)c3)no2)c1C. The highest BCUT2D eigenvalue weighted by Gasteiger charge is 2.20. The van der Waals surface area contributed by atoms with Gasteiger partial charge in [0.05, 0.1) is 25.6 Å². The van der Waals surface area contributed by atoms with E-state index < -0.39 is 0 Å². The lowest BCUT2D eigenvalue weighted by Crippen LogP contribution is -2.02. The van der Waals surface area contributed by atoms with Gasteiger partial charge in [0.2, 0.25) is 5.82 Å². The molecule has 8 nitrogen and oxygen atoms in total. The van der Waals surface area contributed by atoms with Crippen LogP contribution in [0.3, 0.4) is 0 Å². The van der Waals surface area contributed by atoms with Crippen molar-refractivity contribution in [3.05, 3.63) is 53.7 Å². The Morgan fingerprint density at radius 3 is 2.59 bits per heavy atom. The van der Waals surface area contributed by atoms with Crippen LogP contribution < -0.4 is 9.47 Å². The fourth-order valence-electron chi connectivity index (χ4n) is 3.18. The highest BCUT2D eigenvalue weighted by atomic mass is 16.5. The molecule has 0 aliphatic heterocycles. The van der Waals surface area contributed by atoms with Crippen LogP contribution in [0, 0.1) is 6.92 Å². The smallest absolute Gasteiger partial charge is 0.280 e. The molecule has 0 amide bonds. The minimum absolute atomic E-state index is 0.313. The molecule has 0 aliphatic carbocycles. The number of methoxy groups -OCH3 is 2. The summed E-state index contributed by atoms with van der Waals surface area (Å²) in [4.78, 5) is 4.50. The van der Waals surface area contributed by atoms with E-state index in [9.17, 15) is 0 Å². The number of benzene rings is 2. The van der Waals surface area contributed by atoms with E-state index >= 15 is 0 Å². The lowest BCUT2D eigenvalue weighted by Gasteiger charge is -2.08. The molecule has 148 valence electrons. The molecule has 2 aromatic carbocycles. The molecular formula is C21H21N5O3. The molecule has 4 rings (SSSR count). The van der Waals surface area contributed by atoms with Crippen molar-refractivity contribution in [2.75, 3.05) is 14.2 Å². The molecule has 0 fully saturated rings. The first-order chi connectivity index (χ1) is 14.2. The summed E-state index contributed by atoms with van der Waals surface area (Å²) in [6.07, 6.45) is 0.898. The summed E-state index contributed by atoms with van der Waals surface area (Å²) in [6.45, 7) is 4.04. The number of aromatic nitrogens is 5. The lowest BCUT2D eigenvalue weighted by molar-refractivity contribution is 0.355. The monoisotopic (exact) mass is 391 g/mol. The van der Waals surface area contributed by atoms with Crippen LogP contribution in [-0.4, -0.2) is 39.4 Å². The van der Waals surface area contributed by atoms with E-state index in [0.717, 1.165) is 23.4 Å². The molecule has 29 heavy (non-hydrogen) atoms. The second-order valence-corrected chi connectivity index (χ2v) is 6.41. The van der Waals surface area contributed by atoms with Crippen molar-refractivity contribution in [2.24, 2.45) is 0 Å². The summed E-state index contributed by atoms with van der Waals surface area (Å²) in [6, 6.07) is 13.5. The molecule has 0 unspecified atom stereocenters. The molecule has 0 atom stereocenters. The van der Waals surface area contributed by atoms with Gasteiger partial charge < -0.3 is 14.0 Å². The van der Waals surface area contributed by atoms with Crippen molar-refractivity contribution >= 4 is 0 Å². The van der Waals surface area contributed by atoms with Crippen LogP contribution in [0.15, 0.2) is 47.0 Å². The van der Waals surface area contributed by atoms with E-state index in [1.165, 1.54) is 5.56 Å². The van der Waals surface area contributed by atoms with Gasteiger partial charge in [0.1, 0.15) is 0 Å². The highest BCUT2D eigenvalue weighted by molar-refractivity contribution is 5.63. The highest BCUT2D eigenvalue weighted by Crippen LogP contribution is 2.32. The summed E-state index contributed by atoms with van der Waals surface area (Å²) in [5.74, 6) is 1.97. The Bertz CT molecular complexity index is 1150. The van der Waals surface area contributed by atoms with Crippen LogP contribution >= 0.6 is 0 Å². The third kappa shape index (κ3) is 3.33. The van der Waals surface area contributed by atoms with Gasteiger partial charge in [-0.2, -0.15) is 4.98 Å². The first-order valence-electron chi connectivity index (χ1n) is 9.23. The normalized spacial score (nSPS) is 10.9. The van der Waals surface area contributed by atoms with Crippen molar-refractivity contribution < 1.29 is 14.0 Å². The number of rotatable bonds is 6. The van der Waals surface area contributed by atoms with Crippen LogP contribution in [0.4, 0.5) is 0 Å². The molecule has 0 aliphatic rings. The van der Waals surface area contributed by atoms with Crippen LogP contribution in [0.2, 0.25) is 0 Å². The molecule has 0 bridgehead atoms. The number of ether oxygens (including phenoxy) is 2. The third-order valence-electron chi connectivity index (χ3n) is 4.77. The molecule has 0 spiro atoms. The van der Waals surface area contributed by atoms with Crippen LogP contribution in [0.25, 0.3) is 28.7 Å². The molecule has 2 aromatic heterocycles. The van der Waals surface area contributed by atoms with E-state index in [1.54, 1.807) is 31.0 Å². The van der Waals surface area contributed by atoms with E-state index in [0.29, 0.717) is 28.9 Å².